The lowest BCUT2D eigenvalue weighted by atomic mass is 10.2. The molecule has 0 unspecified atom stereocenters. The van der Waals surface area contributed by atoms with Crippen LogP contribution < -0.4 is 5.32 Å². The zero-order valence-corrected chi connectivity index (χ0v) is 6.04. The first-order valence-electron chi connectivity index (χ1n) is 3.45. The van der Waals surface area contributed by atoms with E-state index in [0.717, 1.165) is 19.5 Å². The Morgan fingerprint density at radius 3 is 2.45 bits per heavy atom. The number of hydrogen-bond donors (Lipinski definition) is 2. The molecule has 5 nitrogen and oxygen atoms in total. The molecule has 0 aromatic rings. The third-order valence-electron chi connectivity index (χ3n) is 1.53. The number of carboxylic acids is 1. The van der Waals surface area contributed by atoms with Crippen LogP contribution in [-0.4, -0.2) is 41.6 Å². The Balaban J connectivity index is 2.15. The van der Waals surface area contributed by atoms with E-state index >= 15 is 0 Å². The minimum absolute atomic E-state index is 0.279. The van der Waals surface area contributed by atoms with Gasteiger partial charge in [0.05, 0.1) is 0 Å². The maximum atomic E-state index is 10.9. The van der Waals surface area contributed by atoms with E-state index in [1.807, 2.05) is 0 Å². The Morgan fingerprint density at radius 1 is 1.45 bits per heavy atom. The van der Waals surface area contributed by atoms with Crippen molar-refractivity contribution in [1.29, 1.82) is 0 Å². The second-order valence-corrected chi connectivity index (χ2v) is 2.39. The van der Waals surface area contributed by atoms with E-state index in [-0.39, 0.29) is 12.6 Å². The Hall–Kier alpha value is -1.26. The minimum atomic E-state index is -1.01. The summed E-state index contributed by atoms with van der Waals surface area (Å²) in [5, 5.41) is 10.5. The summed E-state index contributed by atoms with van der Waals surface area (Å²) in [7, 11) is 0. The Bertz CT molecular complexity index is 177. The second-order valence-electron chi connectivity index (χ2n) is 2.39. The quantitative estimate of drug-likeness (QED) is 0.568. The summed E-state index contributed by atoms with van der Waals surface area (Å²) in [6, 6.07) is -0.279. The number of nitrogens with one attached hydrogen (secondary N) is 1. The van der Waals surface area contributed by atoms with Crippen molar-refractivity contribution in [3.63, 3.8) is 0 Å². The van der Waals surface area contributed by atoms with E-state index in [4.69, 9.17) is 5.11 Å². The molecule has 0 saturated carbocycles. The molecule has 0 aliphatic carbocycles. The number of amides is 2. The standard InChI is InChI=1S/C6H10N2O3/c9-5(10)4-7-6(11)8-2-1-3-8/h1-4H2,(H,7,11)(H,9,10). The van der Waals surface area contributed by atoms with Gasteiger partial charge in [0.15, 0.2) is 0 Å². The average molecular weight is 158 g/mol. The summed E-state index contributed by atoms with van der Waals surface area (Å²) in [5.41, 5.74) is 0. The Labute approximate surface area is 64.0 Å². The molecule has 1 heterocycles. The van der Waals surface area contributed by atoms with E-state index < -0.39 is 5.97 Å². The summed E-state index contributed by atoms with van der Waals surface area (Å²) in [6.07, 6.45) is 1.01. The summed E-state index contributed by atoms with van der Waals surface area (Å²) in [4.78, 5) is 22.5. The number of carbonyl (C=O) groups excluding carboxylic acids is 1. The van der Waals surface area contributed by atoms with E-state index in [1.54, 1.807) is 4.90 Å². The third kappa shape index (κ3) is 2.10. The number of carbonyl (C=O) groups is 2. The van der Waals surface area contributed by atoms with Crippen molar-refractivity contribution in [2.24, 2.45) is 0 Å². The predicted octanol–water partition coefficient (Wildman–Crippen LogP) is -0.514. The van der Waals surface area contributed by atoms with Crippen LogP contribution in [0.15, 0.2) is 0 Å². The van der Waals surface area contributed by atoms with E-state index in [9.17, 15) is 9.59 Å². The number of rotatable bonds is 2. The van der Waals surface area contributed by atoms with Gasteiger partial charge in [-0.2, -0.15) is 0 Å². The van der Waals surface area contributed by atoms with Crippen LogP contribution in [-0.2, 0) is 4.79 Å². The monoisotopic (exact) mass is 158 g/mol. The fourth-order valence-corrected chi connectivity index (χ4v) is 0.782. The first-order chi connectivity index (χ1) is 5.20. The van der Waals surface area contributed by atoms with Crippen LogP contribution in [0.2, 0.25) is 0 Å². The van der Waals surface area contributed by atoms with Crippen LogP contribution in [0, 0.1) is 0 Å². The molecular formula is C6H10N2O3. The van der Waals surface area contributed by atoms with Crippen molar-refractivity contribution < 1.29 is 14.7 Å². The van der Waals surface area contributed by atoms with Crippen molar-refractivity contribution in [2.45, 2.75) is 6.42 Å². The summed E-state index contributed by atoms with van der Waals surface area (Å²) < 4.78 is 0. The molecular weight excluding hydrogens is 148 g/mol. The van der Waals surface area contributed by atoms with Gasteiger partial charge in [0.2, 0.25) is 0 Å². The maximum Gasteiger partial charge on any atom is 0.323 e. The van der Waals surface area contributed by atoms with Gasteiger partial charge in [-0.25, -0.2) is 4.79 Å². The van der Waals surface area contributed by atoms with Crippen molar-refractivity contribution in [3.05, 3.63) is 0 Å². The molecule has 1 rings (SSSR count). The van der Waals surface area contributed by atoms with Crippen LogP contribution in [0.3, 0.4) is 0 Å². The molecule has 1 saturated heterocycles. The number of nitrogens with zero attached hydrogens (tertiary/aromatic N) is 1. The molecule has 11 heavy (non-hydrogen) atoms. The van der Waals surface area contributed by atoms with Gasteiger partial charge in [-0.3, -0.25) is 4.79 Å². The van der Waals surface area contributed by atoms with Crippen molar-refractivity contribution >= 4 is 12.0 Å². The molecule has 0 spiro atoms. The highest BCUT2D eigenvalue weighted by atomic mass is 16.4. The highest BCUT2D eigenvalue weighted by molar-refractivity contribution is 5.80. The van der Waals surface area contributed by atoms with Gasteiger partial charge in [0, 0.05) is 13.1 Å². The number of urea groups is 1. The van der Waals surface area contributed by atoms with Crippen LogP contribution in [0.4, 0.5) is 4.79 Å². The van der Waals surface area contributed by atoms with Crippen LogP contribution in [0.1, 0.15) is 6.42 Å². The Morgan fingerprint density at radius 2 is 2.09 bits per heavy atom. The lowest BCUT2D eigenvalue weighted by molar-refractivity contribution is -0.135. The lowest BCUT2D eigenvalue weighted by Crippen LogP contribution is -2.48. The summed E-state index contributed by atoms with van der Waals surface area (Å²) in [5.74, 6) is -1.01. The highest BCUT2D eigenvalue weighted by Crippen LogP contribution is 2.04. The fraction of sp³-hybridized carbons (Fsp3) is 0.667. The van der Waals surface area contributed by atoms with Crippen LogP contribution in [0.25, 0.3) is 0 Å². The van der Waals surface area contributed by atoms with E-state index in [2.05, 4.69) is 5.32 Å². The molecule has 1 aliphatic rings. The van der Waals surface area contributed by atoms with E-state index in [1.165, 1.54) is 0 Å². The molecule has 62 valence electrons. The first-order valence-corrected chi connectivity index (χ1v) is 3.45. The smallest absolute Gasteiger partial charge is 0.323 e. The lowest BCUT2D eigenvalue weighted by Gasteiger charge is -2.30. The van der Waals surface area contributed by atoms with Gasteiger partial charge < -0.3 is 15.3 Å². The van der Waals surface area contributed by atoms with Crippen molar-refractivity contribution in [2.75, 3.05) is 19.6 Å². The average Bonchev–Trinajstić information content (AvgIpc) is 1.79. The molecule has 0 aromatic heterocycles. The highest BCUT2D eigenvalue weighted by Gasteiger charge is 2.19. The van der Waals surface area contributed by atoms with Gasteiger partial charge in [-0.1, -0.05) is 0 Å². The van der Waals surface area contributed by atoms with Gasteiger partial charge in [-0.05, 0) is 6.42 Å². The largest absolute Gasteiger partial charge is 0.480 e. The molecule has 1 aliphatic heterocycles. The third-order valence-corrected chi connectivity index (χ3v) is 1.53. The molecule has 5 heteroatoms. The second kappa shape index (κ2) is 3.23. The van der Waals surface area contributed by atoms with Gasteiger partial charge in [-0.15, -0.1) is 0 Å². The summed E-state index contributed by atoms with van der Waals surface area (Å²) >= 11 is 0. The zero-order valence-electron chi connectivity index (χ0n) is 6.04. The van der Waals surface area contributed by atoms with E-state index in [0.29, 0.717) is 0 Å². The van der Waals surface area contributed by atoms with Crippen LogP contribution in [0.5, 0.6) is 0 Å². The number of carboxylic acid groups (broad SMARTS) is 1. The number of hydrogen-bond acceptors (Lipinski definition) is 2. The van der Waals surface area contributed by atoms with Gasteiger partial charge in [0.1, 0.15) is 6.54 Å². The minimum Gasteiger partial charge on any atom is -0.480 e. The molecule has 0 atom stereocenters. The summed E-state index contributed by atoms with van der Waals surface area (Å²) in [6.45, 7) is 1.19. The number of aliphatic carboxylic acids is 1. The zero-order chi connectivity index (χ0) is 8.27. The first kappa shape index (κ1) is 7.84. The Kier molecular flexibility index (Phi) is 2.30. The van der Waals surface area contributed by atoms with Crippen molar-refractivity contribution in [1.82, 2.24) is 10.2 Å². The number of likely N-dealkylation sites (tertiary alicyclic amines) is 1. The van der Waals surface area contributed by atoms with Crippen LogP contribution >= 0.6 is 0 Å². The molecule has 0 aromatic carbocycles. The normalized spacial score (nSPS) is 15.5. The fourth-order valence-electron chi connectivity index (χ4n) is 0.782. The van der Waals surface area contributed by atoms with Gasteiger partial charge in [0.25, 0.3) is 0 Å². The molecule has 1 fully saturated rings. The molecule has 0 bridgehead atoms. The maximum absolute atomic E-state index is 10.9. The molecule has 2 amide bonds. The molecule has 0 radical (unpaired) electrons. The predicted molar refractivity (Wildman–Crippen MR) is 37.2 cm³/mol. The topological polar surface area (TPSA) is 69.6 Å². The van der Waals surface area contributed by atoms with Crippen molar-refractivity contribution in [3.8, 4) is 0 Å². The van der Waals surface area contributed by atoms with Gasteiger partial charge >= 0.3 is 12.0 Å². The molecule has 2 N–H and O–H groups in total. The SMILES string of the molecule is O=C(O)CNC(=O)N1CCC1.